The Morgan fingerprint density at radius 3 is 2.59 bits per heavy atom. The predicted octanol–water partition coefficient (Wildman–Crippen LogP) is 4.08. The molecule has 1 aromatic rings. The molecule has 1 rings (SSSR count). The SMILES string of the molecule is CCCCCCCCNC(=O)C=Cc1ccccc1[N+](=O)[O-]. The number of hydrogen-bond acceptors (Lipinski definition) is 3. The Morgan fingerprint density at radius 2 is 1.86 bits per heavy atom. The zero-order chi connectivity index (χ0) is 16.2. The monoisotopic (exact) mass is 304 g/mol. The molecule has 1 aromatic carbocycles. The fraction of sp³-hybridized carbons (Fsp3) is 0.471. The first-order valence-corrected chi connectivity index (χ1v) is 7.84. The number of para-hydroxylation sites is 1. The van der Waals surface area contributed by atoms with E-state index >= 15 is 0 Å². The first-order chi connectivity index (χ1) is 10.6. The second-order valence-electron chi connectivity index (χ2n) is 5.21. The Bertz CT molecular complexity index is 512. The van der Waals surface area contributed by atoms with Crippen LogP contribution in [0.1, 0.15) is 51.0 Å². The molecule has 0 fully saturated rings. The van der Waals surface area contributed by atoms with Crippen molar-refractivity contribution in [2.45, 2.75) is 45.4 Å². The lowest BCUT2D eigenvalue weighted by Gasteiger charge is -2.02. The largest absolute Gasteiger partial charge is 0.353 e. The molecule has 0 radical (unpaired) electrons. The highest BCUT2D eigenvalue weighted by molar-refractivity contribution is 5.92. The van der Waals surface area contributed by atoms with Gasteiger partial charge in [-0.1, -0.05) is 51.2 Å². The number of carbonyl (C=O) groups excluding carboxylic acids is 1. The minimum absolute atomic E-state index is 0.00229. The third kappa shape index (κ3) is 7.02. The summed E-state index contributed by atoms with van der Waals surface area (Å²) in [5, 5.41) is 13.7. The number of nitro benzene ring substituents is 1. The van der Waals surface area contributed by atoms with Crippen molar-refractivity contribution in [3.05, 3.63) is 46.0 Å². The first kappa shape index (κ1) is 17.9. The summed E-state index contributed by atoms with van der Waals surface area (Å²) in [6.45, 7) is 2.83. The molecule has 22 heavy (non-hydrogen) atoms. The van der Waals surface area contributed by atoms with E-state index in [-0.39, 0.29) is 11.6 Å². The quantitative estimate of drug-likeness (QED) is 0.306. The van der Waals surface area contributed by atoms with Crippen molar-refractivity contribution in [3.63, 3.8) is 0 Å². The van der Waals surface area contributed by atoms with Gasteiger partial charge in [0.1, 0.15) is 0 Å². The summed E-state index contributed by atoms with van der Waals surface area (Å²) >= 11 is 0. The molecular formula is C17H24N2O3. The fourth-order valence-electron chi connectivity index (χ4n) is 2.14. The summed E-state index contributed by atoms with van der Waals surface area (Å²) < 4.78 is 0. The van der Waals surface area contributed by atoms with E-state index in [9.17, 15) is 14.9 Å². The molecule has 5 heteroatoms. The van der Waals surface area contributed by atoms with Gasteiger partial charge in [0, 0.05) is 18.7 Å². The van der Waals surface area contributed by atoms with E-state index < -0.39 is 4.92 Å². The van der Waals surface area contributed by atoms with E-state index in [1.54, 1.807) is 18.2 Å². The van der Waals surface area contributed by atoms with Gasteiger partial charge in [-0.3, -0.25) is 14.9 Å². The number of rotatable bonds is 10. The molecule has 0 atom stereocenters. The summed E-state index contributed by atoms with van der Waals surface area (Å²) in [4.78, 5) is 22.1. The summed E-state index contributed by atoms with van der Waals surface area (Å²) in [7, 11) is 0. The van der Waals surface area contributed by atoms with Crippen molar-refractivity contribution < 1.29 is 9.72 Å². The lowest BCUT2D eigenvalue weighted by Crippen LogP contribution is -2.21. The highest BCUT2D eigenvalue weighted by Gasteiger charge is 2.09. The minimum atomic E-state index is -0.451. The van der Waals surface area contributed by atoms with Crippen LogP contribution in [0.2, 0.25) is 0 Å². The fourth-order valence-corrected chi connectivity index (χ4v) is 2.14. The van der Waals surface area contributed by atoms with Gasteiger partial charge in [-0.05, 0) is 18.6 Å². The lowest BCUT2D eigenvalue weighted by atomic mass is 10.1. The van der Waals surface area contributed by atoms with Crippen molar-refractivity contribution in [2.24, 2.45) is 0 Å². The molecule has 5 nitrogen and oxygen atoms in total. The molecule has 0 spiro atoms. The molecular weight excluding hydrogens is 280 g/mol. The van der Waals surface area contributed by atoms with Gasteiger partial charge in [0.25, 0.3) is 5.69 Å². The van der Waals surface area contributed by atoms with Crippen LogP contribution in [0.5, 0.6) is 0 Å². The van der Waals surface area contributed by atoms with Gasteiger partial charge in [0.2, 0.25) is 5.91 Å². The average Bonchev–Trinajstić information content (AvgIpc) is 2.52. The molecule has 0 heterocycles. The van der Waals surface area contributed by atoms with Gasteiger partial charge in [0.15, 0.2) is 0 Å². The molecule has 120 valence electrons. The van der Waals surface area contributed by atoms with E-state index in [1.807, 2.05) is 0 Å². The molecule has 0 aliphatic rings. The van der Waals surface area contributed by atoms with Crippen LogP contribution >= 0.6 is 0 Å². The highest BCUT2D eigenvalue weighted by Crippen LogP contribution is 2.18. The Balaban J connectivity index is 2.32. The second-order valence-corrected chi connectivity index (χ2v) is 5.21. The first-order valence-electron chi connectivity index (χ1n) is 7.84. The van der Waals surface area contributed by atoms with Gasteiger partial charge in [-0.25, -0.2) is 0 Å². The molecule has 0 saturated heterocycles. The Kier molecular flexibility index (Phi) is 8.57. The van der Waals surface area contributed by atoms with Crippen molar-refractivity contribution in [1.82, 2.24) is 5.32 Å². The van der Waals surface area contributed by atoms with E-state index in [0.29, 0.717) is 12.1 Å². The van der Waals surface area contributed by atoms with Crippen molar-refractivity contribution >= 4 is 17.7 Å². The van der Waals surface area contributed by atoms with Crippen LogP contribution in [0.4, 0.5) is 5.69 Å². The molecule has 1 N–H and O–H groups in total. The molecule has 1 amide bonds. The van der Waals surface area contributed by atoms with Crippen LogP contribution in [0, 0.1) is 10.1 Å². The zero-order valence-corrected chi connectivity index (χ0v) is 13.1. The van der Waals surface area contributed by atoms with Gasteiger partial charge in [-0.2, -0.15) is 0 Å². The zero-order valence-electron chi connectivity index (χ0n) is 13.1. The van der Waals surface area contributed by atoms with Crippen LogP contribution in [-0.2, 0) is 4.79 Å². The van der Waals surface area contributed by atoms with Crippen LogP contribution in [0.15, 0.2) is 30.3 Å². The topological polar surface area (TPSA) is 72.2 Å². The van der Waals surface area contributed by atoms with Crippen LogP contribution < -0.4 is 5.32 Å². The van der Waals surface area contributed by atoms with Crippen molar-refractivity contribution in [3.8, 4) is 0 Å². The Labute approximate surface area is 131 Å². The Morgan fingerprint density at radius 1 is 1.18 bits per heavy atom. The maximum Gasteiger partial charge on any atom is 0.276 e. The van der Waals surface area contributed by atoms with Crippen molar-refractivity contribution in [1.29, 1.82) is 0 Å². The standard InChI is InChI=1S/C17H24N2O3/c1-2-3-4-5-6-9-14-18-17(20)13-12-15-10-7-8-11-16(15)19(21)22/h7-8,10-13H,2-6,9,14H2,1H3,(H,18,20). The maximum absolute atomic E-state index is 11.7. The molecule has 0 aromatic heterocycles. The number of nitro groups is 1. The summed E-state index contributed by atoms with van der Waals surface area (Å²) in [5.41, 5.74) is 0.435. The number of nitrogens with one attached hydrogen (secondary N) is 1. The number of carbonyl (C=O) groups is 1. The molecule has 0 bridgehead atoms. The van der Waals surface area contributed by atoms with Gasteiger partial charge >= 0.3 is 0 Å². The molecule has 0 aliphatic carbocycles. The summed E-state index contributed by atoms with van der Waals surface area (Å²) in [6.07, 6.45) is 9.87. The van der Waals surface area contributed by atoms with E-state index in [0.717, 1.165) is 12.8 Å². The maximum atomic E-state index is 11.7. The normalized spacial score (nSPS) is 10.8. The third-order valence-electron chi connectivity index (χ3n) is 3.38. The van der Waals surface area contributed by atoms with Crippen LogP contribution in [0.3, 0.4) is 0 Å². The predicted molar refractivity (Wildman–Crippen MR) is 88.5 cm³/mol. The summed E-state index contributed by atoms with van der Waals surface area (Å²) in [5.74, 6) is -0.216. The number of amides is 1. The Hall–Kier alpha value is -2.17. The lowest BCUT2D eigenvalue weighted by molar-refractivity contribution is -0.385. The van der Waals surface area contributed by atoms with E-state index in [2.05, 4.69) is 12.2 Å². The number of benzene rings is 1. The van der Waals surface area contributed by atoms with Gasteiger partial charge < -0.3 is 5.32 Å². The third-order valence-corrected chi connectivity index (χ3v) is 3.38. The highest BCUT2D eigenvalue weighted by atomic mass is 16.6. The van der Waals surface area contributed by atoms with E-state index in [1.165, 1.54) is 43.9 Å². The smallest absolute Gasteiger partial charge is 0.276 e. The molecule has 0 saturated carbocycles. The van der Waals surface area contributed by atoms with Gasteiger partial charge in [0.05, 0.1) is 10.5 Å². The molecule has 0 unspecified atom stereocenters. The number of nitrogens with zero attached hydrogens (tertiary/aromatic N) is 1. The van der Waals surface area contributed by atoms with Gasteiger partial charge in [-0.15, -0.1) is 0 Å². The second kappa shape index (κ2) is 10.5. The van der Waals surface area contributed by atoms with Crippen LogP contribution in [-0.4, -0.2) is 17.4 Å². The summed E-state index contributed by atoms with van der Waals surface area (Å²) in [6, 6.07) is 6.36. The number of hydrogen-bond donors (Lipinski definition) is 1. The van der Waals surface area contributed by atoms with E-state index in [4.69, 9.17) is 0 Å². The van der Waals surface area contributed by atoms with Crippen molar-refractivity contribution in [2.75, 3.05) is 6.54 Å². The average molecular weight is 304 g/mol. The minimum Gasteiger partial charge on any atom is -0.353 e. The van der Waals surface area contributed by atoms with Crippen LogP contribution in [0.25, 0.3) is 6.08 Å². The number of unbranched alkanes of at least 4 members (excludes halogenated alkanes) is 5. The molecule has 0 aliphatic heterocycles.